The molecule has 0 aliphatic heterocycles. The van der Waals surface area contributed by atoms with E-state index in [4.69, 9.17) is 32.7 Å². The fourth-order valence-electron chi connectivity index (χ4n) is 1.27. The smallest absolute Gasteiger partial charge is 0.181 e. The first-order chi connectivity index (χ1) is 7.22. The molecule has 0 saturated carbocycles. The summed E-state index contributed by atoms with van der Waals surface area (Å²) in [6.07, 6.45) is 1.27. The fourth-order valence-corrected chi connectivity index (χ4v) is 1.77. The van der Waals surface area contributed by atoms with E-state index in [1.165, 1.54) is 6.39 Å². The second-order valence-corrected chi connectivity index (χ2v) is 3.75. The summed E-state index contributed by atoms with van der Waals surface area (Å²) < 4.78 is 5.16. The van der Waals surface area contributed by atoms with Crippen LogP contribution in [0.1, 0.15) is 5.69 Å². The minimum atomic E-state index is -0.190. The van der Waals surface area contributed by atoms with Gasteiger partial charge in [0.1, 0.15) is 5.69 Å². The normalized spacial score (nSPS) is 10.6. The van der Waals surface area contributed by atoms with Crippen molar-refractivity contribution in [2.45, 2.75) is 6.61 Å². The number of aromatic nitrogens is 1. The van der Waals surface area contributed by atoms with Crippen molar-refractivity contribution < 1.29 is 9.52 Å². The number of hydrogen-bond donors (Lipinski definition) is 1. The van der Waals surface area contributed by atoms with Gasteiger partial charge in [-0.3, -0.25) is 0 Å². The van der Waals surface area contributed by atoms with Crippen LogP contribution in [0.25, 0.3) is 11.3 Å². The maximum atomic E-state index is 9.02. The molecule has 0 aliphatic rings. The van der Waals surface area contributed by atoms with E-state index in [9.17, 15) is 0 Å². The monoisotopic (exact) mass is 243 g/mol. The molecule has 0 bridgehead atoms. The first-order valence-corrected chi connectivity index (χ1v) is 4.96. The molecular weight excluding hydrogens is 237 g/mol. The fraction of sp³-hybridized carbons (Fsp3) is 0.100. The molecule has 2 rings (SSSR count). The Morgan fingerprint density at radius 2 is 2.13 bits per heavy atom. The minimum Gasteiger partial charge on any atom is -0.443 e. The first-order valence-electron chi connectivity index (χ1n) is 4.21. The Kier molecular flexibility index (Phi) is 2.95. The zero-order valence-corrected chi connectivity index (χ0v) is 9.09. The van der Waals surface area contributed by atoms with Crippen molar-refractivity contribution in [2.24, 2.45) is 0 Å². The number of aliphatic hydroxyl groups is 1. The summed E-state index contributed by atoms with van der Waals surface area (Å²) in [6, 6.07) is 5.04. The highest BCUT2D eigenvalue weighted by Crippen LogP contribution is 2.32. The van der Waals surface area contributed by atoms with Crippen LogP contribution >= 0.6 is 23.2 Å². The zero-order valence-electron chi connectivity index (χ0n) is 7.58. The van der Waals surface area contributed by atoms with Crippen molar-refractivity contribution in [1.29, 1.82) is 0 Å². The van der Waals surface area contributed by atoms with Crippen LogP contribution in [0, 0.1) is 0 Å². The maximum absolute atomic E-state index is 9.02. The molecule has 1 aromatic heterocycles. The third kappa shape index (κ3) is 2.00. The van der Waals surface area contributed by atoms with Crippen LogP contribution in [-0.2, 0) is 6.61 Å². The highest BCUT2D eigenvalue weighted by molar-refractivity contribution is 6.36. The van der Waals surface area contributed by atoms with Gasteiger partial charge in [-0.1, -0.05) is 23.2 Å². The van der Waals surface area contributed by atoms with E-state index < -0.39 is 0 Å². The van der Waals surface area contributed by atoms with Crippen LogP contribution in [0.4, 0.5) is 0 Å². The number of nitrogens with zero attached hydrogens (tertiary/aromatic N) is 1. The molecule has 0 saturated heterocycles. The summed E-state index contributed by atoms with van der Waals surface area (Å²) in [4.78, 5) is 3.87. The van der Waals surface area contributed by atoms with Gasteiger partial charge < -0.3 is 9.52 Å². The Morgan fingerprint density at radius 1 is 1.33 bits per heavy atom. The lowest BCUT2D eigenvalue weighted by molar-refractivity contribution is 0.277. The third-order valence-electron chi connectivity index (χ3n) is 1.97. The molecule has 0 atom stereocenters. The molecular formula is C10H7Cl2NO2. The molecule has 2 aromatic rings. The summed E-state index contributed by atoms with van der Waals surface area (Å²) in [6.45, 7) is -0.190. The van der Waals surface area contributed by atoms with E-state index in [1.807, 2.05) is 0 Å². The van der Waals surface area contributed by atoms with Gasteiger partial charge in [-0.15, -0.1) is 0 Å². The minimum absolute atomic E-state index is 0.190. The predicted octanol–water partition coefficient (Wildman–Crippen LogP) is 3.14. The van der Waals surface area contributed by atoms with Crippen LogP contribution in [0.5, 0.6) is 0 Å². The molecule has 5 heteroatoms. The van der Waals surface area contributed by atoms with Crippen LogP contribution in [0.15, 0.2) is 29.0 Å². The molecule has 0 amide bonds. The molecule has 0 unspecified atom stereocenters. The molecule has 1 aromatic carbocycles. The van der Waals surface area contributed by atoms with Gasteiger partial charge in [0, 0.05) is 10.6 Å². The van der Waals surface area contributed by atoms with Gasteiger partial charge in [-0.25, -0.2) is 4.98 Å². The van der Waals surface area contributed by atoms with Gasteiger partial charge in [-0.05, 0) is 18.2 Å². The number of hydrogen-bond acceptors (Lipinski definition) is 3. The van der Waals surface area contributed by atoms with Crippen molar-refractivity contribution >= 4 is 23.2 Å². The van der Waals surface area contributed by atoms with E-state index in [1.54, 1.807) is 18.2 Å². The highest BCUT2D eigenvalue weighted by Gasteiger charge is 2.13. The number of rotatable bonds is 2. The molecule has 0 radical (unpaired) electrons. The van der Waals surface area contributed by atoms with Crippen LogP contribution in [0.2, 0.25) is 10.0 Å². The highest BCUT2D eigenvalue weighted by atomic mass is 35.5. The lowest BCUT2D eigenvalue weighted by Gasteiger charge is -2.02. The number of aliphatic hydroxyl groups excluding tert-OH is 1. The molecule has 78 valence electrons. The largest absolute Gasteiger partial charge is 0.443 e. The Morgan fingerprint density at radius 3 is 2.80 bits per heavy atom. The topological polar surface area (TPSA) is 46.3 Å². The molecule has 0 fully saturated rings. The van der Waals surface area contributed by atoms with Crippen molar-refractivity contribution in [3.8, 4) is 11.3 Å². The number of halogens is 2. The number of oxazole rings is 1. The molecule has 1 N–H and O–H groups in total. The SMILES string of the molecule is OCc1ncoc1-c1ccc(Cl)cc1Cl. The van der Waals surface area contributed by atoms with Crippen molar-refractivity contribution in [3.63, 3.8) is 0 Å². The van der Waals surface area contributed by atoms with Crippen molar-refractivity contribution in [1.82, 2.24) is 4.98 Å². The first kappa shape index (κ1) is 10.5. The summed E-state index contributed by atoms with van der Waals surface area (Å²) in [5, 5.41) is 10.0. The van der Waals surface area contributed by atoms with E-state index in [-0.39, 0.29) is 6.61 Å². The Balaban J connectivity index is 2.54. The second kappa shape index (κ2) is 4.23. The molecule has 15 heavy (non-hydrogen) atoms. The Labute approximate surface area is 96.3 Å². The van der Waals surface area contributed by atoms with Crippen LogP contribution < -0.4 is 0 Å². The van der Waals surface area contributed by atoms with Crippen molar-refractivity contribution in [2.75, 3.05) is 0 Å². The van der Waals surface area contributed by atoms with Gasteiger partial charge in [0.05, 0.1) is 11.6 Å². The predicted molar refractivity (Wildman–Crippen MR) is 57.9 cm³/mol. The van der Waals surface area contributed by atoms with E-state index in [0.717, 1.165) is 0 Å². The summed E-state index contributed by atoms with van der Waals surface area (Å²) in [5.41, 5.74) is 1.13. The lowest BCUT2D eigenvalue weighted by Crippen LogP contribution is -1.87. The Hall–Kier alpha value is -1.03. The second-order valence-electron chi connectivity index (χ2n) is 2.91. The van der Waals surface area contributed by atoms with Crippen molar-refractivity contribution in [3.05, 3.63) is 40.3 Å². The van der Waals surface area contributed by atoms with E-state index in [2.05, 4.69) is 4.98 Å². The van der Waals surface area contributed by atoms with Gasteiger partial charge in [0.2, 0.25) is 0 Å². The summed E-state index contributed by atoms with van der Waals surface area (Å²) >= 11 is 11.8. The maximum Gasteiger partial charge on any atom is 0.181 e. The standard InChI is InChI=1S/C10H7Cl2NO2/c11-6-1-2-7(8(12)3-6)10-9(4-14)13-5-15-10/h1-3,5,14H,4H2. The van der Waals surface area contributed by atoms with Gasteiger partial charge in [0.25, 0.3) is 0 Å². The summed E-state index contributed by atoms with van der Waals surface area (Å²) in [7, 11) is 0. The molecule has 3 nitrogen and oxygen atoms in total. The van der Waals surface area contributed by atoms with Crippen LogP contribution in [-0.4, -0.2) is 10.1 Å². The summed E-state index contributed by atoms with van der Waals surface area (Å²) in [5.74, 6) is 0.471. The molecule has 1 heterocycles. The Bertz CT molecular complexity index is 482. The molecule has 0 aliphatic carbocycles. The average molecular weight is 244 g/mol. The third-order valence-corrected chi connectivity index (χ3v) is 2.51. The van der Waals surface area contributed by atoms with E-state index >= 15 is 0 Å². The van der Waals surface area contributed by atoms with Crippen LogP contribution in [0.3, 0.4) is 0 Å². The number of benzene rings is 1. The zero-order chi connectivity index (χ0) is 10.8. The van der Waals surface area contributed by atoms with Gasteiger partial charge in [0.15, 0.2) is 12.2 Å². The van der Waals surface area contributed by atoms with Gasteiger partial charge in [-0.2, -0.15) is 0 Å². The van der Waals surface area contributed by atoms with Gasteiger partial charge >= 0.3 is 0 Å². The van der Waals surface area contributed by atoms with E-state index in [0.29, 0.717) is 27.1 Å². The lowest BCUT2D eigenvalue weighted by atomic mass is 10.1. The quantitative estimate of drug-likeness (QED) is 0.882. The average Bonchev–Trinajstić information content (AvgIpc) is 2.65. The molecule has 0 spiro atoms.